The lowest BCUT2D eigenvalue weighted by Crippen LogP contribution is -2.44. The average Bonchev–Trinajstić information content (AvgIpc) is 1.97. The summed E-state index contributed by atoms with van der Waals surface area (Å²) in [6, 6.07) is 0.324. The molecule has 0 bridgehead atoms. The van der Waals surface area contributed by atoms with Gasteiger partial charge in [-0.15, -0.1) is 0 Å². The van der Waals surface area contributed by atoms with Crippen molar-refractivity contribution in [1.82, 2.24) is 5.43 Å². The van der Waals surface area contributed by atoms with Gasteiger partial charge in [0.25, 0.3) is 0 Å². The summed E-state index contributed by atoms with van der Waals surface area (Å²) in [5.41, 5.74) is 4.30. The summed E-state index contributed by atoms with van der Waals surface area (Å²) in [7, 11) is 0. The minimum absolute atomic E-state index is 0.201. The van der Waals surface area contributed by atoms with E-state index in [9.17, 15) is 0 Å². The second-order valence-electron chi connectivity index (χ2n) is 4.39. The molecule has 0 radical (unpaired) electrons. The number of hydrazine groups is 1. The summed E-state index contributed by atoms with van der Waals surface area (Å²) in [6.45, 7) is 12.6. The first-order chi connectivity index (χ1) is 5.41. The van der Waals surface area contributed by atoms with Crippen molar-refractivity contribution >= 4 is 0 Å². The van der Waals surface area contributed by atoms with Crippen LogP contribution < -0.4 is 11.3 Å². The summed E-state index contributed by atoms with van der Waals surface area (Å²) in [5.74, 6) is 5.47. The fourth-order valence-electron chi connectivity index (χ4n) is 1.05. The van der Waals surface area contributed by atoms with Crippen LogP contribution in [0.3, 0.4) is 0 Å². The van der Waals surface area contributed by atoms with Crippen molar-refractivity contribution in [3.8, 4) is 0 Å². The summed E-state index contributed by atoms with van der Waals surface area (Å²) in [5, 5.41) is 0. The van der Waals surface area contributed by atoms with E-state index >= 15 is 0 Å². The largest absolute Gasteiger partial charge is 0.271 e. The Morgan fingerprint density at radius 3 is 2.25 bits per heavy atom. The monoisotopic (exact) mass is 170 g/mol. The minimum atomic E-state index is 0.201. The van der Waals surface area contributed by atoms with Gasteiger partial charge in [-0.05, 0) is 18.3 Å². The second kappa shape index (κ2) is 4.63. The van der Waals surface area contributed by atoms with E-state index in [2.05, 4.69) is 39.7 Å². The first-order valence-corrected chi connectivity index (χ1v) is 4.54. The molecule has 0 aliphatic rings. The number of nitrogens with one attached hydrogen (secondary N) is 1. The maximum Gasteiger partial charge on any atom is 0.0295 e. The van der Waals surface area contributed by atoms with E-state index in [0.29, 0.717) is 6.04 Å². The van der Waals surface area contributed by atoms with Crippen LogP contribution in [0.1, 0.15) is 40.5 Å². The van der Waals surface area contributed by atoms with Gasteiger partial charge in [0.2, 0.25) is 0 Å². The fourth-order valence-corrected chi connectivity index (χ4v) is 1.05. The Balaban J connectivity index is 4.09. The molecule has 0 aromatic heterocycles. The predicted octanol–water partition coefficient (Wildman–Crippen LogP) is 2.22. The van der Waals surface area contributed by atoms with Crippen LogP contribution in [0.25, 0.3) is 0 Å². The third-order valence-electron chi connectivity index (χ3n) is 2.24. The van der Waals surface area contributed by atoms with Crippen molar-refractivity contribution in [2.45, 2.75) is 46.6 Å². The molecule has 0 aromatic carbocycles. The number of rotatable bonds is 4. The van der Waals surface area contributed by atoms with E-state index in [1.54, 1.807) is 0 Å². The molecule has 0 rings (SSSR count). The lowest BCUT2D eigenvalue weighted by atomic mass is 9.83. The summed E-state index contributed by atoms with van der Waals surface area (Å²) in [4.78, 5) is 0. The van der Waals surface area contributed by atoms with Crippen LogP contribution in [0.4, 0.5) is 0 Å². The highest BCUT2D eigenvalue weighted by atomic mass is 15.2. The lowest BCUT2D eigenvalue weighted by Gasteiger charge is -2.30. The van der Waals surface area contributed by atoms with Crippen molar-refractivity contribution in [3.05, 3.63) is 12.2 Å². The molecular formula is C10H22N2. The van der Waals surface area contributed by atoms with Crippen molar-refractivity contribution in [3.63, 3.8) is 0 Å². The molecule has 0 fully saturated rings. The molecule has 0 aliphatic carbocycles. The van der Waals surface area contributed by atoms with Crippen LogP contribution in [-0.4, -0.2) is 6.04 Å². The SMILES string of the molecule is C=C(CC)CC(NN)C(C)(C)C. The van der Waals surface area contributed by atoms with Gasteiger partial charge in [-0.25, -0.2) is 0 Å². The zero-order valence-corrected chi connectivity index (χ0v) is 8.78. The summed E-state index contributed by atoms with van der Waals surface area (Å²) >= 11 is 0. The van der Waals surface area contributed by atoms with Crippen molar-refractivity contribution < 1.29 is 0 Å². The third kappa shape index (κ3) is 3.88. The van der Waals surface area contributed by atoms with Crippen LogP contribution in [-0.2, 0) is 0 Å². The molecule has 0 amide bonds. The van der Waals surface area contributed by atoms with Gasteiger partial charge < -0.3 is 0 Å². The lowest BCUT2D eigenvalue weighted by molar-refractivity contribution is 0.267. The molecule has 3 N–H and O–H groups in total. The van der Waals surface area contributed by atoms with Crippen molar-refractivity contribution in [2.24, 2.45) is 11.3 Å². The average molecular weight is 170 g/mol. The van der Waals surface area contributed by atoms with Crippen LogP contribution in [0.5, 0.6) is 0 Å². The smallest absolute Gasteiger partial charge is 0.0295 e. The molecule has 72 valence electrons. The molecule has 0 saturated carbocycles. The Morgan fingerprint density at radius 2 is 2.00 bits per heavy atom. The van der Waals surface area contributed by atoms with E-state index in [0.717, 1.165) is 12.8 Å². The van der Waals surface area contributed by atoms with E-state index in [1.807, 2.05) is 0 Å². The highest BCUT2D eigenvalue weighted by molar-refractivity contribution is 4.98. The topological polar surface area (TPSA) is 38.0 Å². The quantitative estimate of drug-likeness (QED) is 0.386. The first kappa shape index (κ1) is 11.7. The Kier molecular flexibility index (Phi) is 4.50. The van der Waals surface area contributed by atoms with E-state index in [-0.39, 0.29) is 5.41 Å². The van der Waals surface area contributed by atoms with Crippen molar-refractivity contribution in [2.75, 3.05) is 0 Å². The predicted molar refractivity (Wildman–Crippen MR) is 54.6 cm³/mol. The molecule has 0 aliphatic heterocycles. The first-order valence-electron chi connectivity index (χ1n) is 4.54. The Labute approximate surface area is 76.2 Å². The summed E-state index contributed by atoms with van der Waals surface area (Å²) < 4.78 is 0. The highest BCUT2D eigenvalue weighted by Crippen LogP contribution is 2.24. The zero-order valence-electron chi connectivity index (χ0n) is 8.78. The standard InChI is InChI=1S/C10H22N2/c1-6-8(2)7-9(12-11)10(3,4)5/h9,12H,2,6-7,11H2,1,3-5H3. The van der Waals surface area contributed by atoms with Gasteiger partial charge in [0.1, 0.15) is 0 Å². The van der Waals surface area contributed by atoms with Gasteiger partial charge in [-0.1, -0.05) is 39.8 Å². The molecule has 0 aromatic rings. The van der Waals surface area contributed by atoms with E-state index in [4.69, 9.17) is 5.84 Å². The van der Waals surface area contributed by atoms with E-state index in [1.165, 1.54) is 5.57 Å². The van der Waals surface area contributed by atoms with Gasteiger partial charge >= 0.3 is 0 Å². The van der Waals surface area contributed by atoms with Gasteiger partial charge in [0, 0.05) is 6.04 Å². The van der Waals surface area contributed by atoms with Gasteiger partial charge in [0.05, 0.1) is 0 Å². The minimum Gasteiger partial charge on any atom is -0.271 e. The second-order valence-corrected chi connectivity index (χ2v) is 4.39. The van der Waals surface area contributed by atoms with Crippen LogP contribution in [0.2, 0.25) is 0 Å². The van der Waals surface area contributed by atoms with Gasteiger partial charge in [-0.3, -0.25) is 11.3 Å². The van der Waals surface area contributed by atoms with Crippen LogP contribution in [0, 0.1) is 5.41 Å². The molecule has 1 atom stereocenters. The Morgan fingerprint density at radius 1 is 1.50 bits per heavy atom. The molecular weight excluding hydrogens is 148 g/mol. The maximum absolute atomic E-state index is 5.47. The normalized spacial score (nSPS) is 14.4. The maximum atomic E-state index is 5.47. The number of hydrogen-bond acceptors (Lipinski definition) is 2. The Hall–Kier alpha value is -0.340. The molecule has 12 heavy (non-hydrogen) atoms. The molecule has 0 saturated heterocycles. The summed E-state index contributed by atoms with van der Waals surface area (Å²) in [6.07, 6.45) is 2.00. The van der Waals surface area contributed by atoms with E-state index < -0.39 is 0 Å². The Bertz CT molecular complexity index is 144. The van der Waals surface area contributed by atoms with Gasteiger partial charge in [0.15, 0.2) is 0 Å². The molecule has 2 heteroatoms. The third-order valence-corrected chi connectivity index (χ3v) is 2.24. The number of nitrogens with two attached hydrogens (primary N) is 1. The molecule has 1 unspecified atom stereocenters. The molecule has 0 heterocycles. The molecule has 0 spiro atoms. The van der Waals surface area contributed by atoms with Crippen molar-refractivity contribution in [1.29, 1.82) is 0 Å². The van der Waals surface area contributed by atoms with Crippen LogP contribution >= 0.6 is 0 Å². The number of hydrogen-bond donors (Lipinski definition) is 2. The fraction of sp³-hybridized carbons (Fsp3) is 0.800. The zero-order chi connectivity index (χ0) is 9.78. The van der Waals surface area contributed by atoms with Gasteiger partial charge in [-0.2, -0.15) is 0 Å². The molecule has 2 nitrogen and oxygen atoms in total. The van der Waals surface area contributed by atoms with Crippen LogP contribution in [0.15, 0.2) is 12.2 Å². The highest BCUT2D eigenvalue weighted by Gasteiger charge is 2.23.